The fraction of sp³-hybridized carbons (Fsp3) is 0.600. The van der Waals surface area contributed by atoms with Gasteiger partial charge in [0.1, 0.15) is 5.75 Å². The molecular weight excluding hydrogens is 242 g/mol. The maximum absolute atomic E-state index is 10.0. The molecule has 1 N–H and O–H groups in total. The Labute approximate surface area is 114 Å². The number of hydrogen-bond acceptors (Lipinski definition) is 4. The van der Waals surface area contributed by atoms with Crippen LogP contribution in [0.4, 0.5) is 5.69 Å². The molecule has 0 radical (unpaired) electrons. The summed E-state index contributed by atoms with van der Waals surface area (Å²) in [7, 11) is 3.41. The Balaban J connectivity index is 2.25. The van der Waals surface area contributed by atoms with E-state index in [1.807, 2.05) is 12.1 Å². The van der Waals surface area contributed by atoms with E-state index in [1.54, 1.807) is 21.1 Å². The Hall–Kier alpha value is -1.26. The maximum Gasteiger partial charge on any atom is 0.126 e. The van der Waals surface area contributed by atoms with Crippen molar-refractivity contribution in [1.82, 2.24) is 0 Å². The monoisotopic (exact) mass is 265 g/mol. The van der Waals surface area contributed by atoms with Gasteiger partial charge in [0.25, 0.3) is 0 Å². The zero-order valence-electron chi connectivity index (χ0n) is 11.9. The van der Waals surface area contributed by atoms with Crippen LogP contribution in [0.2, 0.25) is 0 Å². The molecule has 0 aromatic heterocycles. The van der Waals surface area contributed by atoms with Gasteiger partial charge in [-0.15, -0.1) is 0 Å². The van der Waals surface area contributed by atoms with Gasteiger partial charge in [0, 0.05) is 31.5 Å². The molecule has 1 aliphatic rings. The number of benzene rings is 1. The molecule has 1 fully saturated rings. The van der Waals surface area contributed by atoms with Crippen molar-refractivity contribution >= 4 is 5.69 Å². The molecule has 1 heterocycles. The molecule has 0 spiro atoms. The summed E-state index contributed by atoms with van der Waals surface area (Å²) in [6.45, 7) is 3.68. The molecule has 1 aliphatic heterocycles. The smallest absolute Gasteiger partial charge is 0.126 e. The standard InChI is InChI=1S/C15H23NO3/c1-11(17)15-13(5-4-6-14(15)19-3)16-9-7-12(18-2)8-10-16/h4-6,11-12,17H,7-10H2,1-3H3/t11-/m0/s1. The summed E-state index contributed by atoms with van der Waals surface area (Å²) >= 11 is 0. The second kappa shape index (κ2) is 6.26. The van der Waals surface area contributed by atoms with E-state index in [4.69, 9.17) is 9.47 Å². The third kappa shape index (κ3) is 3.01. The molecule has 0 amide bonds. The molecule has 1 aromatic carbocycles. The van der Waals surface area contributed by atoms with Gasteiger partial charge in [0.2, 0.25) is 0 Å². The van der Waals surface area contributed by atoms with Crippen LogP contribution in [0.15, 0.2) is 18.2 Å². The van der Waals surface area contributed by atoms with Gasteiger partial charge in [0.05, 0.1) is 19.3 Å². The third-order valence-electron chi connectivity index (χ3n) is 3.80. The second-order valence-corrected chi connectivity index (χ2v) is 4.99. The van der Waals surface area contributed by atoms with Crippen molar-refractivity contribution in [3.05, 3.63) is 23.8 Å². The van der Waals surface area contributed by atoms with E-state index in [1.165, 1.54) is 0 Å². The van der Waals surface area contributed by atoms with E-state index in [-0.39, 0.29) is 0 Å². The van der Waals surface area contributed by atoms with E-state index in [0.717, 1.165) is 42.9 Å². The molecule has 0 aliphatic carbocycles. The highest BCUT2D eigenvalue weighted by molar-refractivity contribution is 5.60. The molecule has 4 nitrogen and oxygen atoms in total. The highest BCUT2D eigenvalue weighted by Crippen LogP contribution is 2.35. The first-order chi connectivity index (χ1) is 9.17. The topological polar surface area (TPSA) is 41.9 Å². The minimum Gasteiger partial charge on any atom is -0.496 e. The van der Waals surface area contributed by atoms with Crippen molar-refractivity contribution in [2.24, 2.45) is 0 Å². The van der Waals surface area contributed by atoms with E-state index in [2.05, 4.69) is 11.0 Å². The van der Waals surface area contributed by atoms with Gasteiger partial charge in [-0.05, 0) is 31.9 Å². The highest BCUT2D eigenvalue weighted by atomic mass is 16.5. The molecule has 2 rings (SSSR count). The summed E-state index contributed by atoms with van der Waals surface area (Å²) in [6.07, 6.45) is 1.86. The number of ether oxygens (including phenoxy) is 2. The minimum absolute atomic E-state index is 0.358. The van der Waals surface area contributed by atoms with Crippen LogP contribution in [0.5, 0.6) is 5.75 Å². The van der Waals surface area contributed by atoms with Crippen LogP contribution in [-0.2, 0) is 4.74 Å². The van der Waals surface area contributed by atoms with Crippen LogP contribution in [-0.4, -0.2) is 38.5 Å². The number of aliphatic hydroxyl groups excluding tert-OH is 1. The fourth-order valence-electron chi connectivity index (χ4n) is 2.74. The first kappa shape index (κ1) is 14.2. The largest absolute Gasteiger partial charge is 0.496 e. The average Bonchev–Trinajstić information content (AvgIpc) is 2.46. The predicted molar refractivity (Wildman–Crippen MR) is 75.9 cm³/mol. The lowest BCUT2D eigenvalue weighted by Gasteiger charge is -2.35. The second-order valence-electron chi connectivity index (χ2n) is 4.99. The molecule has 106 valence electrons. The number of hydrogen-bond donors (Lipinski definition) is 1. The summed E-state index contributed by atoms with van der Waals surface area (Å²) in [5, 5.41) is 10.0. The molecule has 1 aromatic rings. The van der Waals surface area contributed by atoms with Gasteiger partial charge < -0.3 is 19.5 Å². The van der Waals surface area contributed by atoms with Crippen LogP contribution in [0, 0.1) is 0 Å². The van der Waals surface area contributed by atoms with Crippen molar-refractivity contribution in [2.45, 2.75) is 32.0 Å². The van der Waals surface area contributed by atoms with Crippen molar-refractivity contribution in [1.29, 1.82) is 0 Å². The fourth-order valence-corrected chi connectivity index (χ4v) is 2.74. The Morgan fingerprint density at radius 1 is 1.26 bits per heavy atom. The van der Waals surface area contributed by atoms with Crippen LogP contribution < -0.4 is 9.64 Å². The summed E-state index contributed by atoms with van der Waals surface area (Å²) in [5.74, 6) is 0.751. The first-order valence-corrected chi connectivity index (χ1v) is 6.80. The molecular formula is C15H23NO3. The molecule has 19 heavy (non-hydrogen) atoms. The van der Waals surface area contributed by atoms with Crippen molar-refractivity contribution < 1.29 is 14.6 Å². The van der Waals surface area contributed by atoms with E-state index < -0.39 is 6.10 Å². The Bertz CT molecular complexity index is 412. The van der Waals surface area contributed by atoms with Gasteiger partial charge in [0.15, 0.2) is 0 Å². The summed E-state index contributed by atoms with van der Waals surface area (Å²) in [5.41, 5.74) is 1.95. The Kier molecular flexibility index (Phi) is 4.66. The van der Waals surface area contributed by atoms with Crippen molar-refractivity contribution in [3.8, 4) is 5.75 Å². The normalized spacial score (nSPS) is 18.4. The van der Waals surface area contributed by atoms with Crippen LogP contribution in [0.3, 0.4) is 0 Å². The predicted octanol–water partition coefficient (Wildman–Crippen LogP) is 2.36. The first-order valence-electron chi connectivity index (χ1n) is 6.80. The van der Waals surface area contributed by atoms with Crippen LogP contribution >= 0.6 is 0 Å². The van der Waals surface area contributed by atoms with E-state index in [9.17, 15) is 5.11 Å². The number of piperidine rings is 1. The van der Waals surface area contributed by atoms with Gasteiger partial charge in [-0.2, -0.15) is 0 Å². The zero-order valence-corrected chi connectivity index (χ0v) is 11.9. The summed E-state index contributed by atoms with van der Waals surface area (Å²) < 4.78 is 10.8. The maximum atomic E-state index is 10.0. The van der Waals surface area contributed by atoms with Crippen LogP contribution in [0.1, 0.15) is 31.4 Å². The van der Waals surface area contributed by atoms with E-state index >= 15 is 0 Å². The van der Waals surface area contributed by atoms with Crippen molar-refractivity contribution in [2.75, 3.05) is 32.2 Å². The van der Waals surface area contributed by atoms with Crippen LogP contribution in [0.25, 0.3) is 0 Å². The number of rotatable bonds is 4. The molecule has 4 heteroatoms. The molecule has 0 unspecified atom stereocenters. The summed E-state index contributed by atoms with van der Waals surface area (Å²) in [6, 6.07) is 5.92. The van der Waals surface area contributed by atoms with Gasteiger partial charge in [-0.25, -0.2) is 0 Å². The lowest BCUT2D eigenvalue weighted by molar-refractivity contribution is 0.0818. The van der Waals surface area contributed by atoms with Gasteiger partial charge >= 0.3 is 0 Å². The highest BCUT2D eigenvalue weighted by Gasteiger charge is 2.23. The van der Waals surface area contributed by atoms with E-state index in [0.29, 0.717) is 6.10 Å². The van der Waals surface area contributed by atoms with Crippen molar-refractivity contribution in [3.63, 3.8) is 0 Å². The lowest BCUT2D eigenvalue weighted by Crippen LogP contribution is -2.37. The zero-order chi connectivity index (χ0) is 13.8. The molecule has 0 saturated carbocycles. The third-order valence-corrected chi connectivity index (χ3v) is 3.80. The number of methoxy groups -OCH3 is 2. The summed E-state index contributed by atoms with van der Waals surface area (Å²) in [4.78, 5) is 2.31. The SMILES string of the molecule is COc1cccc(N2CCC(OC)CC2)c1[C@H](C)O. The Morgan fingerprint density at radius 2 is 1.95 bits per heavy atom. The van der Waals surface area contributed by atoms with Gasteiger partial charge in [-0.3, -0.25) is 0 Å². The lowest BCUT2D eigenvalue weighted by atomic mass is 10.0. The quantitative estimate of drug-likeness (QED) is 0.907. The van der Waals surface area contributed by atoms with Gasteiger partial charge in [-0.1, -0.05) is 6.07 Å². The average molecular weight is 265 g/mol. The number of aliphatic hydroxyl groups is 1. The number of anilines is 1. The molecule has 0 bridgehead atoms. The number of nitrogens with zero attached hydrogens (tertiary/aromatic N) is 1. The molecule has 1 atom stereocenters. The minimum atomic E-state index is -0.536. The molecule has 1 saturated heterocycles. The Morgan fingerprint density at radius 3 is 2.47 bits per heavy atom.